The number of rotatable bonds is 6. The molecule has 1 aliphatic carbocycles. The second-order valence-electron chi connectivity index (χ2n) is 10.2. The quantitative estimate of drug-likeness (QED) is 0.371. The zero-order chi connectivity index (χ0) is 27.8. The Morgan fingerprint density at radius 1 is 1.25 bits per heavy atom. The number of benzene rings is 1. The number of nitrogens with one attached hydrogen (secondary N) is 1. The molecule has 2 aliphatic heterocycles. The van der Waals surface area contributed by atoms with Crippen molar-refractivity contribution >= 4 is 47.1 Å². The van der Waals surface area contributed by atoms with Crippen molar-refractivity contribution in [1.82, 2.24) is 15.3 Å². The van der Waals surface area contributed by atoms with E-state index >= 15 is 0 Å². The van der Waals surface area contributed by atoms with E-state index in [4.69, 9.17) is 26.8 Å². The van der Waals surface area contributed by atoms with E-state index in [1.54, 1.807) is 0 Å². The molecule has 8 nitrogen and oxygen atoms in total. The van der Waals surface area contributed by atoms with Gasteiger partial charge >= 0.3 is 12.1 Å². The lowest BCUT2D eigenvalue weighted by Gasteiger charge is -2.32. The molecular formula is C27H29Cl2F3N4O4. The number of nitrogen functional groups attached to an aromatic ring is 1. The van der Waals surface area contributed by atoms with E-state index < -0.39 is 24.3 Å². The summed E-state index contributed by atoms with van der Waals surface area (Å²) in [6.07, 6.45) is -0.0515. The number of allylic oxidation sites excluding steroid dienone is 3. The molecule has 4 N–H and O–H groups in total. The molecule has 0 saturated carbocycles. The Balaban J connectivity index is 0.00000370. The molecule has 40 heavy (non-hydrogen) atoms. The van der Waals surface area contributed by atoms with Crippen LogP contribution in [0.3, 0.4) is 0 Å². The molecule has 0 radical (unpaired) electrons. The molecule has 3 atom stereocenters. The topological polar surface area (TPSA) is 120 Å². The van der Waals surface area contributed by atoms with Gasteiger partial charge in [-0.05, 0) is 72.8 Å². The maximum atomic E-state index is 14.4. The third-order valence-corrected chi connectivity index (χ3v) is 7.76. The number of nitrogens with two attached hydrogens (primary N) is 1. The highest BCUT2D eigenvalue weighted by molar-refractivity contribution is 6.30. The first-order valence-electron chi connectivity index (χ1n) is 12.7. The van der Waals surface area contributed by atoms with Gasteiger partial charge in [-0.15, -0.1) is 12.4 Å². The molecule has 3 aliphatic rings. The summed E-state index contributed by atoms with van der Waals surface area (Å²) >= 11 is 6.14. The van der Waals surface area contributed by atoms with Crippen LogP contribution in [0.1, 0.15) is 61.4 Å². The van der Waals surface area contributed by atoms with E-state index in [-0.39, 0.29) is 35.2 Å². The van der Waals surface area contributed by atoms with Crippen molar-refractivity contribution in [3.8, 4) is 5.88 Å². The Morgan fingerprint density at radius 2 is 2.05 bits per heavy atom. The van der Waals surface area contributed by atoms with Crippen molar-refractivity contribution in [2.24, 2.45) is 5.41 Å². The van der Waals surface area contributed by atoms with Gasteiger partial charge < -0.3 is 25.6 Å². The first-order chi connectivity index (χ1) is 18.5. The lowest BCUT2D eigenvalue weighted by atomic mass is 9.73. The standard InChI is InChI=1S/C27H28ClF3N4O4.ClH/c28-17-3-4-18(19(10-17)16-2-1-9-38-13-16)23(27(29,30)31)39-22-11-20(34-25(32)35-22)15-5-7-26(8-6-15)12-21(24(36)37)33-14-26;/h3-5,10-11,13,21,23,33H,1-2,6-9,12,14H2,(H,36,37)(H2,32,34,35);1H/t21?,23-,26?;/m1./s1. The largest absolute Gasteiger partial charge is 0.501 e. The van der Waals surface area contributed by atoms with Gasteiger partial charge in [-0.3, -0.25) is 4.79 Å². The molecule has 0 amide bonds. The van der Waals surface area contributed by atoms with Gasteiger partial charge in [0.15, 0.2) is 0 Å². The average Bonchev–Trinajstić information content (AvgIpc) is 3.31. The number of aliphatic carboxylic acids is 1. The van der Waals surface area contributed by atoms with E-state index in [0.717, 1.165) is 5.57 Å². The molecule has 1 aromatic carbocycles. The summed E-state index contributed by atoms with van der Waals surface area (Å²) in [4.78, 5) is 19.5. The molecular weight excluding hydrogens is 572 g/mol. The first-order valence-corrected chi connectivity index (χ1v) is 13.0. The van der Waals surface area contributed by atoms with Crippen molar-refractivity contribution in [3.63, 3.8) is 0 Å². The predicted octanol–water partition coefficient (Wildman–Crippen LogP) is 5.97. The number of carboxylic acid groups (broad SMARTS) is 1. The van der Waals surface area contributed by atoms with Crippen LogP contribution in [0, 0.1) is 5.41 Å². The fourth-order valence-electron chi connectivity index (χ4n) is 5.51. The molecule has 1 saturated heterocycles. The number of anilines is 1. The fraction of sp³-hybridized carbons (Fsp3) is 0.444. The van der Waals surface area contributed by atoms with Gasteiger partial charge in [0.1, 0.15) is 6.04 Å². The van der Waals surface area contributed by atoms with Gasteiger partial charge in [0.25, 0.3) is 0 Å². The van der Waals surface area contributed by atoms with Crippen LogP contribution in [0.4, 0.5) is 19.1 Å². The molecule has 5 rings (SSSR count). The summed E-state index contributed by atoms with van der Waals surface area (Å²) in [6.45, 7) is 1.08. The van der Waals surface area contributed by atoms with E-state index in [1.165, 1.54) is 30.5 Å². The summed E-state index contributed by atoms with van der Waals surface area (Å²) < 4.78 is 54.1. The van der Waals surface area contributed by atoms with E-state index in [0.29, 0.717) is 73.5 Å². The summed E-state index contributed by atoms with van der Waals surface area (Å²) in [5, 5.41) is 12.7. The number of ether oxygens (including phenoxy) is 2. The summed E-state index contributed by atoms with van der Waals surface area (Å²) in [6, 6.07) is 4.96. The molecule has 216 valence electrons. The number of halogens is 5. The number of carboxylic acids is 1. The third-order valence-electron chi connectivity index (χ3n) is 7.53. The highest BCUT2D eigenvalue weighted by Gasteiger charge is 2.45. The third kappa shape index (κ3) is 6.47. The van der Waals surface area contributed by atoms with Crippen LogP contribution in [0.25, 0.3) is 11.1 Å². The highest BCUT2D eigenvalue weighted by atomic mass is 35.5. The van der Waals surface area contributed by atoms with Gasteiger partial charge in [0, 0.05) is 23.2 Å². The molecule has 1 fully saturated rings. The molecule has 2 aromatic rings. The Labute approximate surface area is 240 Å². The Bertz CT molecular complexity index is 1340. The lowest BCUT2D eigenvalue weighted by Crippen LogP contribution is -2.30. The zero-order valence-electron chi connectivity index (χ0n) is 21.3. The van der Waals surface area contributed by atoms with Gasteiger partial charge in [0.05, 0.1) is 18.6 Å². The first kappa shape index (κ1) is 30.0. The minimum Gasteiger partial charge on any atom is -0.501 e. The van der Waals surface area contributed by atoms with E-state index in [9.17, 15) is 23.1 Å². The van der Waals surface area contributed by atoms with Crippen LogP contribution in [0.5, 0.6) is 5.88 Å². The minimum absolute atomic E-state index is 0. The molecule has 1 aromatic heterocycles. The van der Waals surface area contributed by atoms with E-state index in [2.05, 4.69) is 15.3 Å². The Morgan fingerprint density at radius 3 is 2.67 bits per heavy atom. The van der Waals surface area contributed by atoms with Crippen molar-refractivity contribution in [2.45, 2.75) is 56.8 Å². The number of carbonyl (C=O) groups is 1. The monoisotopic (exact) mass is 600 g/mol. The van der Waals surface area contributed by atoms with Crippen LogP contribution >= 0.6 is 24.0 Å². The van der Waals surface area contributed by atoms with Gasteiger partial charge in [0.2, 0.25) is 17.9 Å². The minimum atomic E-state index is -4.77. The Kier molecular flexibility index (Phi) is 8.86. The molecule has 0 bridgehead atoms. The van der Waals surface area contributed by atoms with Gasteiger partial charge in [-0.25, -0.2) is 4.98 Å². The number of nitrogens with zero attached hydrogens (tertiary/aromatic N) is 2. The Hall–Kier alpha value is -3.02. The number of hydrogen-bond acceptors (Lipinski definition) is 7. The van der Waals surface area contributed by atoms with Crippen LogP contribution < -0.4 is 15.8 Å². The van der Waals surface area contributed by atoms with Crippen LogP contribution in [0.15, 0.2) is 36.6 Å². The number of hydrogen-bond donors (Lipinski definition) is 3. The maximum Gasteiger partial charge on any atom is 0.429 e. The fourth-order valence-corrected chi connectivity index (χ4v) is 5.68. The van der Waals surface area contributed by atoms with Crippen molar-refractivity contribution in [1.29, 1.82) is 0 Å². The van der Waals surface area contributed by atoms with Crippen LogP contribution in [0.2, 0.25) is 5.02 Å². The SMILES string of the molecule is Cl.Nc1nc(O[C@H](c2ccc(Cl)cc2C2=COCCC2)C(F)(F)F)cc(C2=CCC3(CC2)CNC(C(=O)O)C3)n1. The second-order valence-corrected chi connectivity index (χ2v) is 10.7. The highest BCUT2D eigenvalue weighted by Crippen LogP contribution is 2.45. The summed E-state index contributed by atoms with van der Waals surface area (Å²) in [7, 11) is 0. The van der Waals surface area contributed by atoms with Crippen molar-refractivity contribution < 1.29 is 32.5 Å². The normalized spacial score (nSPS) is 23.4. The lowest BCUT2D eigenvalue weighted by molar-refractivity contribution is -0.198. The molecule has 13 heteroatoms. The summed E-state index contributed by atoms with van der Waals surface area (Å²) in [5.74, 6) is -1.38. The molecule has 3 heterocycles. The smallest absolute Gasteiger partial charge is 0.429 e. The maximum absolute atomic E-state index is 14.4. The van der Waals surface area contributed by atoms with Gasteiger partial charge in [-0.1, -0.05) is 23.7 Å². The van der Waals surface area contributed by atoms with Crippen molar-refractivity contribution in [3.05, 3.63) is 58.4 Å². The van der Waals surface area contributed by atoms with Gasteiger partial charge in [-0.2, -0.15) is 18.2 Å². The van der Waals surface area contributed by atoms with Crippen LogP contribution in [-0.4, -0.2) is 46.4 Å². The summed E-state index contributed by atoms with van der Waals surface area (Å²) in [5.41, 5.74) is 7.71. The average molecular weight is 601 g/mol. The number of alkyl halides is 3. The molecule has 1 spiro atoms. The second kappa shape index (κ2) is 11.8. The number of aromatic nitrogens is 2. The zero-order valence-corrected chi connectivity index (χ0v) is 22.9. The van der Waals surface area contributed by atoms with E-state index in [1.807, 2.05) is 6.08 Å². The predicted molar refractivity (Wildman–Crippen MR) is 146 cm³/mol. The van der Waals surface area contributed by atoms with Crippen molar-refractivity contribution in [2.75, 3.05) is 18.9 Å². The van der Waals surface area contributed by atoms with Crippen LogP contribution in [-0.2, 0) is 9.53 Å². The molecule has 2 unspecified atom stereocenters.